The van der Waals surface area contributed by atoms with Gasteiger partial charge in [0.05, 0.1) is 0 Å². The van der Waals surface area contributed by atoms with Crippen LogP contribution in [0.3, 0.4) is 0 Å². The molecule has 2 aromatic rings. The van der Waals surface area contributed by atoms with Gasteiger partial charge in [-0.25, -0.2) is 13.2 Å². The number of benzene rings is 1. The molecule has 1 aromatic heterocycles. The van der Waals surface area contributed by atoms with Gasteiger partial charge >= 0.3 is 5.97 Å². The third kappa shape index (κ3) is 3.37. The first-order chi connectivity index (χ1) is 11.5. The molecule has 0 amide bonds. The van der Waals surface area contributed by atoms with Gasteiger partial charge in [-0.05, 0) is 37.0 Å². The molecular weight excluding hydrogens is 328 g/mol. The van der Waals surface area contributed by atoms with Crippen molar-refractivity contribution in [2.75, 3.05) is 13.1 Å². The molecule has 0 spiro atoms. The number of hydrogen-bond donors (Lipinski definition) is 1. The molecule has 0 unspecified atom stereocenters. The van der Waals surface area contributed by atoms with Crippen molar-refractivity contribution in [1.29, 1.82) is 0 Å². The van der Waals surface area contributed by atoms with E-state index in [0.29, 0.717) is 13.1 Å². The Hall–Kier alpha value is -2.12. The van der Waals surface area contributed by atoms with Crippen LogP contribution in [0.15, 0.2) is 41.4 Å². The Kier molecular flexibility index (Phi) is 4.73. The summed E-state index contributed by atoms with van der Waals surface area (Å²) in [7, 11) is -3.53. The van der Waals surface area contributed by atoms with Gasteiger partial charge < -0.3 is 9.72 Å². The summed E-state index contributed by atoms with van der Waals surface area (Å²) in [5, 5.41) is 0. The summed E-state index contributed by atoms with van der Waals surface area (Å²) in [4.78, 5) is 14.9. The number of aromatic nitrogens is 1. The lowest BCUT2D eigenvalue weighted by Crippen LogP contribution is -2.27. The van der Waals surface area contributed by atoms with Gasteiger partial charge in [-0.15, -0.1) is 0 Å². The van der Waals surface area contributed by atoms with E-state index >= 15 is 0 Å². The molecule has 1 saturated heterocycles. The average Bonchev–Trinajstić information content (AvgIpc) is 3.25. The summed E-state index contributed by atoms with van der Waals surface area (Å²) in [6, 6.07) is 8.97. The lowest BCUT2D eigenvalue weighted by atomic mass is 10.1. The zero-order valence-corrected chi connectivity index (χ0v) is 14.3. The predicted molar refractivity (Wildman–Crippen MR) is 89.1 cm³/mol. The highest BCUT2D eigenvalue weighted by atomic mass is 32.2. The number of H-pyrrole nitrogens is 1. The smallest absolute Gasteiger partial charge is 0.355 e. The van der Waals surface area contributed by atoms with E-state index in [2.05, 4.69) is 4.98 Å². The van der Waals surface area contributed by atoms with Gasteiger partial charge in [0.25, 0.3) is 0 Å². The maximum absolute atomic E-state index is 12.4. The minimum absolute atomic E-state index is 0.104. The Morgan fingerprint density at radius 2 is 1.96 bits per heavy atom. The van der Waals surface area contributed by atoms with Gasteiger partial charge in [-0.1, -0.05) is 24.3 Å². The molecular formula is C17H20N2O4S. The zero-order chi connectivity index (χ0) is 17.2. The van der Waals surface area contributed by atoms with Crippen molar-refractivity contribution < 1.29 is 17.9 Å². The summed E-state index contributed by atoms with van der Waals surface area (Å²) in [5.74, 6) is -0.568. The summed E-state index contributed by atoms with van der Waals surface area (Å²) < 4.78 is 31.6. The third-order valence-corrected chi connectivity index (χ3v) is 6.08. The molecule has 1 N–H and O–H groups in total. The number of hydrogen-bond acceptors (Lipinski definition) is 4. The molecule has 1 aliphatic heterocycles. The van der Waals surface area contributed by atoms with E-state index < -0.39 is 16.0 Å². The van der Waals surface area contributed by atoms with Crippen LogP contribution >= 0.6 is 0 Å². The molecule has 2 heterocycles. The second kappa shape index (κ2) is 6.78. The number of ether oxygens (including phenoxy) is 1. The maximum atomic E-state index is 12.4. The fraction of sp³-hybridized carbons (Fsp3) is 0.353. The Morgan fingerprint density at radius 1 is 1.25 bits per heavy atom. The van der Waals surface area contributed by atoms with E-state index in [1.165, 1.54) is 16.6 Å². The van der Waals surface area contributed by atoms with Crippen molar-refractivity contribution in [1.82, 2.24) is 9.29 Å². The molecule has 7 heteroatoms. The molecule has 24 heavy (non-hydrogen) atoms. The molecule has 0 radical (unpaired) electrons. The Morgan fingerprint density at radius 3 is 2.67 bits per heavy atom. The second-order valence-electron chi connectivity index (χ2n) is 5.86. The molecule has 0 atom stereocenters. The minimum atomic E-state index is -3.53. The summed E-state index contributed by atoms with van der Waals surface area (Å²) in [6.45, 7) is 3.15. The van der Waals surface area contributed by atoms with Gasteiger partial charge in [0.15, 0.2) is 0 Å². The number of carbonyl (C=O) groups excluding carboxylic acids is 1. The molecule has 1 aromatic carbocycles. The topological polar surface area (TPSA) is 79.5 Å². The number of nitrogens with zero attached hydrogens (tertiary/aromatic N) is 1. The number of nitrogens with one attached hydrogen (secondary N) is 1. The van der Waals surface area contributed by atoms with Gasteiger partial charge in [0, 0.05) is 19.3 Å². The average molecular weight is 348 g/mol. The number of sulfonamides is 1. The van der Waals surface area contributed by atoms with E-state index in [4.69, 9.17) is 4.74 Å². The summed E-state index contributed by atoms with van der Waals surface area (Å²) in [6.07, 6.45) is 3.09. The lowest BCUT2D eigenvalue weighted by molar-refractivity contribution is 0.0466. The van der Waals surface area contributed by atoms with Gasteiger partial charge in [-0.3, -0.25) is 0 Å². The van der Waals surface area contributed by atoms with Gasteiger partial charge in [0.1, 0.15) is 17.2 Å². The SMILES string of the molecule is Cc1ccccc1COC(=O)c1cc(S(=O)(=O)N2CCCC2)c[nH]1. The van der Waals surface area contributed by atoms with Crippen LogP contribution in [-0.4, -0.2) is 36.8 Å². The molecule has 0 aliphatic carbocycles. The van der Waals surface area contributed by atoms with Crippen molar-refractivity contribution in [2.24, 2.45) is 0 Å². The molecule has 0 bridgehead atoms. The Bertz CT molecular complexity index is 836. The Balaban J connectivity index is 1.69. The van der Waals surface area contributed by atoms with Crippen LogP contribution in [0.5, 0.6) is 0 Å². The van der Waals surface area contributed by atoms with Crippen LogP contribution in [0.4, 0.5) is 0 Å². The van der Waals surface area contributed by atoms with Crippen molar-refractivity contribution in [2.45, 2.75) is 31.3 Å². The van der Waals surface area contributed by atoms with Crippen molar-refractivity contribution >= 4 is 16.0 Å². The number of aromatic amines is 1. The normalized spacial score (nSPS) is 15.5. The molecule has 6 nitrogen and oxygen atoms in total. The van der Waals surface area contributed by atoms with Crippen LogP contribution in [0, 0.1) is 6.92 Å². The molecule has 3 rings (SSSR count). The number of aryl methyl sites for hydroxylation is 1. The lowest BCUT2D eigenvalue weighted by Gasteiger charge is -2.13. The van der Waals surface area contributed by atoms with E-state index in [1.807, 2.05) is 31.2 Å². The zero-order valence-electron chi connectivity index (χ0n) is 13.5. The largest absolute Gasteiger partial charge is 0.456 e. The first-order valence-electron chi connectivity index (χ1n) is 7.89. The molecule has 1 aliphatic rings. The molecule has 0 saturated carbocycles. The van der Waals surface area contributed by atoms with Crippen molar-refractivity contribution in [3.05, 3.63) is 53.3 Å². The second-order valence-corrected chi connectivity index (χ2v) is 7.80. The quantitative estimate of drug-likeness (QED) is 0.842. The van der Waals surface area contributed by atoms with Crippen molar-refractivity contribution in [3.63, 3.8) is 0 Å². The standard InChI is InChI=1S/C17H20N2O4S/c1-13-6-2-3-7-14(13)12-23-17(20)16-10-15(11-18-16)24(21,22)19-8-4-5-9-19/h2-3,6-7,10-11,18H,4-5,8-9,12H2,1H3. The van der Waals surface area contributed by atoms with Crippen LogP contribution in [0.2, 0.25) is 0 Å². The van der Waals surface area contributed by atoms with E-state index in [0.717, 1.165) is 24.0 Å². The fourth-order valence-corrected chi connectivity index (χ4v) is 4.22. The number of carbonyl (C=O) groups is 1. The maximum Gasteiger partial charge on any atom is 0.355 e. The van der Waals surface area contributed by atoms with Gasteiger partial charge in [-0.2, -0.15) is 4.31 Å². The molecule has 128 valence electrons. The van der Waals surface area contributed by atoms with Crippen molar-refractivity contribution in [3.8, 4) is 0 Å². The summed E-state index contributed by atoms with van der Waals surface area (Å²) in [5.41, 5.74) is 2.10. The van der Waals surface area contributed by atoms with Crippen LogP contribution in [-0.2, 0) is 21.4 Å². The van der Waals surface area contributed by atoms with E-state index in [-0.39, 0.29) is 17.2 Å². The molecule has 1 fully saturated rings. The highest BCUT2D eigenvalue weighted by molar-refractivity contribution is 7.89. The summed E-state index contributed by atoms with van der Waals surface area (Å²) >= 11 is 0. The van der Waals surface area contributed by atoms with Crippen LogP contribution in [0.1, 0.15) is 34.5 Å². The minimum Gasteiger partial charge on any atom is -0.456 e. The predicted octanol–water partition coefficient (Wildman–Crippen LogP) is 2.46. The number of esters is 1. The monoisotopic (exact) mass is 348 g/mol. The Labute approximate surface area is 141 Å². The van der Waals surface area contributed by atoms with E-state index in [9.17, 15) is 13.2 Å². The van der Waals surface area contributed by atoms with E-state index in [1.54, 1.807) is 0 Å². The number of rotatable bonds is 5. The highest BCUT2D eigenvalue weighted by Gasteiger charge is 2.28. The first-order valence-corrected chi connectivity index (χ1v) is 9.33. The van der Waals surface area contributed by atoms with Crippen LogP contribution in [0.25, 0.3) is 0 Å². The fourth-order valence-electron chi connectivity index (χ4n) is 2.71. The third-order valence-electron chi connectivity index (χ3n) is 4.20. The first kappa shape index (κ1) is 16.7. The van der Waals surface area contributed by atoms with Crippen LogP contribution < -0.4 is 0 Å². The van der Waals surface area contributed by atoms with Gasteiger partial charge in [0.2, 0.25) is 10.0 Å². The highest BCUT2D eigenvalue weighted by Crippen LogP contribution is 2.21.